The normalized spacial score (nSPS) is 18.9. The first-order chi connectivity index (χ1) is 9.63. The van der Waals surface area contributed by atoms with Gasteiger partial charge in [0.05, 0.1) is 4.92 Å². The number of nitro benzene ring substituents is 1. The van der Waals surface area contributed by atoms with Crippen LogP contribution in [0, 0.1) is 10.1 Å². The lowest BCUT2D eigenvalue weighted by Crippen LogP contribution is -2.44. The van der Waals surface area contributed by atoms with E-state index in [9.17, 15) is 14.9 Å². The molecule has 0 aliphatic carbocycles. The highest BCUT2D eigenvalue weighted by molar-refractivity contribution is 5.94. The van der Waals surface area contributed by atoms with Gasteiger partial charge < -0.3 is 10.0 Å². The van der Waals surface area contributed by atoms with E-state index in [2.05, 4.69) is 0 Å². The van der Waals surface area contributed by atoms with Crippen molar-refractivity contribution >= 4 is 11.6 Å². The summed E-state index contributed by atoms with van der Waals surface area (Å²) in [4.78, 5) is 24.3. The Hall–Kier alpha value is -1.95. The third kappa shape index (κ3) is 3.14. The minimum absolute atomic E-state index is 0.0212. The van der Waals surface area contributed by atoms with Gasteiger partial charge in [-0.05, 0) is 37.8 Å². The standard InChI is InChI=1S/C14H18N2O4/c17-10-8-12-3-1-2-9-15(12)14(18)11-4-6-13(7-5-11)16(19)20/h4-7,12,17H,1-3,8-10H2. The lowest BCUT2D eigenvalue weighted by molar-refractivity contribution is -0.384. The second kappa shape index (κ2) is 6.47. The highest BCUT2D eigenvalue weighted by Crippen LogP contribution is 2.22. The van der Waals surface area contributed by atoms with E-state index in [0.29, 0.717) is 18.5 Å². The number of hydrogen-bond acceptors (Lipinski definition) is 4. The predicted molar refractivity (Wildman–Crippen MR) is 73.5 cm³/mol. The maximum Gasteiger partial charge on any atom is 0.269 e. The van der Waals surface area contributed by atoms with E-state index in [4.69, 9.17) is 5.11 Å². The fourth-order valence-corrected chi connectivity index (χ4v) is 2.61. The molecule has 0 aromatic heterocycles. The number of carbonyl (C=O) groups excluding carboxylic acids is 1. The quantitative estimate of drug-likeness (QED) is 0.674. The van der Waals surface area contributed by atoms with E-state index >= 15 is 0 Å². The number of amides is 1. The van der Waals surface area contributed by atoms with E-state index in [1.54, 1.807) is 4.90 Å². The third-order valence-electron chi connectivity index (χ3n) is 3.68. The molecule has 2 rings (SSSR count). The first-order valence-corrected chi connectivity index (χ1v) is 6.80. The molecule has 1 unspecified atom stereocenters. The van der Waals surface area contributed by atoms with Crippen LogP contribution in [0.3, 0.4) is 0 Å². The summed E-state index contributed by atoms with van der Waals surface area (Å²) in [6, 6.07) is 5.74. The monoisotopic (exact) mass is 278 g/mol. The molecule has 1 fully saturated rings. The first kappa shape index (κ1) is 14.5. The van der Waals surface area contributed by atoms with Crippen molar-refractivity contribution in [1.82, 2.24) is 4.90 Å². The van der Waals surface area contributed by atoms with Crippen molar-refractivity contribution in [3.05, 3.63) is 39.9 Å². The average Bonchev–Trinajstić information content (AvgIpc) is 2.47. The van der Waals surface area contributed by atoms with Crippen LogP contribution in [-0.2, 0) is 0 Å². The lowest BCUT2D eigenvalue weighted by Gasteiger charge is -2.35. The molecular formula is C14H18N2O4. The molecule has 1 atom stereocenters. The molecule has 6 heteroatoms. The van der Waals surface area contributed by atoms with Crippen molar-refractivity contribution < 1.29 is 14.8 Å². The van der Waals surface area contributed by atoms with Crippen LogP contribution < -0.4 is 0 Å². The van der Waals surface area contributed by atoms with E-state index < -0.39 is 4.92 Å². The van der Waals surface area contributed by atoms with Crippen LogP contribution in [0.2, 0.25) is 0 Å². The number of nitrogens with zero attached hydrogens (tertiary/aromatic N) is 2. The van der Waals surface area contributed by atoms with Crippen LogP contribution in [0.15, 0.2) is 24.3 Å². The highest BCUT2D eigenvalue weighted by Gasteiger charge is 2.27. The SMILES string of the molecule is O=C(c1ccc([N+](=O)[O-])cc1)N1CCCCC1CCO. The van der Waals surface area contributed by atoms with Gasteiger partial charge in [-0.15, -0.1) is 0 Å². The van der Waals surface area contributed by atoms with Gasteiger partial charge in [-0.25, -0.2) is 0 Å². The second-order valence-electron chi connectivity index (χ2n) is 4.96. The molecule has 1 aliphatic rings. The minimum Gasteiger partial charge on any atom is -0.396 e. The Morgan fingerprint density at radius 3 is 2.65 bits per heavy atom. The molecule has 0 saturated carbocycles. The lowest BCUT2D eigenvalue weighted by atomic mass is 9.98. The maximum atomic E-state index is 12.4. The Kier molecular flexibility index (Phi) is 4.68. The molecule has 1 aromatic rings. The van der Waals surface area contributed by atoms with Crippen LogP contribution >= 0.6 is 0 Å². The molecule has 1 amide bonds. The topological polar surface area (TPSA) is 83.7 Å². The van der Waals surface area contributed by atoms with Gasteiger partial charge in [0.25, 0.3) is 11.6 Å². The van der Waals surface area contributed by atoms with Crippen molar-refractivity contribution in [3.63, 3.8) is 0 Å². The molecule has 0 spiro atoms. The van der Waals surface area contributed by atoms with Crippen LogP contribution in [0.1, 0.15) is 36.0 Å². The van der Waals surface area contributed by atoms with Gasteiger partial charge in [0.15, 0.2) is 0 Å². The summed E-state index contributed by atoms with van der Waals surface area (Å²) in [5.41, 5.74) is 0.438. The van der Waals surface area contributed by atoms with Crippen LogP contribution in [-0.4, -0.2) is 40.0 Å². The number of non-ortho nitro benzene ring substituents is 1. The van der Waals surface area contributed by atoms with Gasteiger partial charge in [0.1, 0.15) is 0 Å². The molecular weight excluding hydrogens is 260 g/mol. The minimum atomic E-state index is -0.482. The molecule has 1 N–H and O–H groups in total. The molecule has 1 saturated heterocycles. The van der Waals surface area contributed by atoms with Gasteiger partial charge in [-0.1, -0.05) is 0 Å². The predicted octanol–water partition coefficient (Wildman–Crippen LogP) is 1.97. The summed E-state index contributed by atoms with van der Waals surface area (Å²) in [6.07, 6.45) is 3.51. The van der Waals surface area contributed by atoms with Crippen LogP contribution in [0.25, 0.3) is 0 Å². The van der Waals surface area contributed by atoms with Crippen molar-refractivity contribution in [3.8, 4) is 0 Å². The Labute approximate surface area is 117 Å². The number of likely N-dealkylation sites (tertiary alicyclic amines) is 1. The van der Waals surface area contributed by atoms with Crippen molar-refractivity contribution in [1.29, 1.82) is 0 Å². The number of carbonyl (C=O) groups is 1. The number of nitro groups is 1. The fourth-order valence-electron chi connectivity index (χ4n) is 2.61. The van der Waals surface area contributed by atoms with E-state index in [0.717, 1.165) is 19.3 Å². The summed E-state index contributed by atoms with van der Waals surface area (Å²) >= 11 is 0. The van der Waals surface area contributed by atoms with Gasteiger partial charge in [0.2, 0.25) is 0 Å². The molecule has 0 bridgehead atoms. The zero-order valence-electron chi connectivity index (χ0n) is 11.2. The summed E-state index contributed by atoms with van der Waals surface area (Å²) in [5.74, 6) is -0.113. The highest BCUT2D eigenvalue weighted by atomic mass is 16.6. The number of aliphatic hydroxyl groups is 1. The zero-order chi connectivity index (χ0) is 14.5. The van der Waals surface area contributed by atoms with E-state index in [1.165, 1.54) is 24.3 Å². The average molecular weight is 278 g/mol. The summed E-state index contributed by atoms with van der Waals surface area (Å²) in [6.45, 7) is 0.745. The molecule has 1 aliphatic heterocycles. The largest absolute Gasteiger partial charge is 0.396 e. The van der Waals surface area contributed by atoms with Crippen LogP contribution in [0.4, 0.5) is 5.69 Å². The molecule has 1 aromatic carbocycles. The number of piperidine rings is 1. The van der Waals surface area contributed by atoms with Crippen molar-refractivity contribution in [2.24, 2.45) is 0 Å². The Morgan fingerprint density at radius 2 is 2.05 bits per heavy atom. The number of hydrogen-bond donors (Lipinski definition) is 1. The zero-order valence-corrected chi connectivity index (χ0v) is 11.2. The van der Waals surface area contributed by atoms with Gasteiger partial charge in [-0.2, -0.15) is 0 Å². The second-order valence-corrected chi connectivity index (χ2v) is 4.96. The first-order valence-electron chi connectivity index (χ1n) is 6.80. The number of rotatable bonds is 4. The summed E-state index contributed by atoms with van der Waals surface area (Å²) in [7, 11) is 0. The van der Waals surface area contributed by atoms with Crippen LogP contribution in [0.5, 0.6) is 0 Å². The van der Waals surface area contributed by atoms with Crippen molar-refractivity contribution in [2.75, 3.05) is 13.2 Å². The molecule has 108 valence electrons. The Morgan fingerprint density at radius 1 is 1.35 bits per heavy atom. The number of aliphatic hydroxyl groups excluding tert-OH is 1. The Bertz CT molecular complexity index is 484. The molecule has 1 heterocycles. The molecule has 6 nitrogen and oxygen atoms in total. The van der Waals surface area contributed by atoms with Gasteiger partial charge in [0, 0.05) is 36.9 Å². The molecule has 20 heavy (non-hydrogen) atoms. The summed E-state index contributed by atoms with van der Waals surface area (Å²) in [5, 5.41) is 19.7. The van der Waals surface area contributed by atoms with Gasteiger partial charge in [-0.3, -0.25) is 14.9 Å². The summed E-state index contributed by atoms with van der Waals surface area (Å²) < 4.78 is 0. The van der Waals surface area contributed by atoms with Gasteiger partial charge >= 0.3 is 0 Å². The molecule has 0 radical (unpaired) electrons. The van der Waals surface area contributed by atoms with Crippen molar-refractivity contribution in [2.45, 2.75) is 31.7 Å². The number of benzene rings is 1. The maximum absolute atomic E-state index is 12.4. The van der Waals surface area contributed by atoms with E-state index in [1.807, 2.05) is 0 Å². The van der Waals surface area contributed by atoms with E-state index in [-0.39, 0.29) is 24.2 Å². The fraction of sp³-hybridized carbons (Fsp3) is 0.500. The smallest absolute Gasteiger partial charge is 0.269 e. The third-order valence-corrected chi connectivity index (χ3v) is 3.68. The Balaban J connectivity index is 2.14.